The third-order valence-corrected chi connectivity index (χ3v) is 3.66. The number of rotatable bonds is 5. The van der Waals surface area contributed by atoms with Crippen LogP contribution in [0.4, 0.5) is 0 Å². The van der Waals surface area contributed by atoms with Gasteiger partial charge in [-0.1, -0.05) is 28.9 Å². The smallest absolute Gasteiger partial charge is 0.240 e. The minimum Gasteiger partial charge on any atom is -0.338 e. The number of aromatic nitrogens is 2. The molecule has 1 heterocycles. The topological polar surface area (TPSA) is 68.2 Å². The zero-order chi connectivity index (χ0) is 15.6. The summed E-state index contributed by atoms with van der Waals surface area (Å²) in [6.45, 7) is 6.35. The van der Waals surface area contributed by atoms with Gasteiger partial charge in [0.05, 0.1) is 12.1 Å². The first-order chi connectivity index (χ1) is 9.77. The molecule has 2 N–H and O–H groups in total. The van der Waals surface area contributed by atoms with Gasteiger partial charge in [0.15, 0.2) is 5.82 Å². The van der Waals surface area contributed by atoms with Crippen LogP contribution in [0, 0.1) is 0 Å². The normalized spacial score (nSPS) is 13.7. The second-order valence-electron chi connectivity index (χ2n) is 5.88. The van der Waals surface area contributed by atoms with Crippen LogP contribution in [-0.2, 0) is 12.1 Å². The van der Waals surface area contributed by atoms with Gasteiger partial charge in [0.2, 0.25) is 5.89 Å². The summed E-state index contributed by atoms with van der Waals surface area (Å²) in [5.41, 5.74) is 6.50. The Morgan fingerprint density at radius 3 is 2.71 bits per heavy atom. The minimum atomic E-state index is -0.598. The first-order valence-corrected chi connectivity index (χ1v) is 7.23. The Bertz CT molecular complexity index is 606. The molecular weight excluding hydrogens is 288 g/mol. The standard InChI is InChI=1S/C15H21ClN4O/c1-10(11-6-5-7-12(16)8-11)20(4)9-13-18-14(19-21-13)15(2,3)17/h5-8,10H,9,17H2,1-4H3. The Labute approximate surface area is 130 Å². The Balaban J connectivity index is 2.07. The van der Waals surface area contributed by atoms with E-state index in [0.29, 0.717) is 18.3 Å². The second-order valence-corrected chi connectivity index (χ2v) is 6.32. The lowest BCUT2D eigenvalue weighted by Gasteiger charge is -2.23. The maximum Gasteiger partial charge on any atom is 0.240 e. The van der Waals surface area contributed by atoms with Crippen LogP contribution >= 0.6 is 11.6 Å². The highest BCUT2D eigenvalue weighted by Crippen LogP contribution is 2.23. The molecule has 2 aromatic rings. The van der Waals surface area contributed by atoms with E-state index < -0.39 is 5.54 Å². The van der Waals surface area contributed by atoms with E-state index >= 15 is 0 Å². The fraction of sp³-hybridized carbons (Fsp3) is 0.467. The first kappa shape index (κ1) is 15.9. The van der Waals surface area contributed by atoms with Gasteiger partial charge in [-0.05, 0) is 45.5 Å². The highest BCUT2D eigenvalue weighted by Gasteiger charge is 2.22. The lowest BCUT2D eigenvalue weighted by Crippen LogP contribution is -2.30. The van der Waals surface area contributed by atoms with Crippen molar-refractivity contribution in [3.05, 3.63) is 46.6 Å². The molecule has 0 amide bonds. The van der Waals surface area contributed by atoms with Crippen LogP contribution in [0.15, 0.2) is 28.8 Å². The molecule has 0 spiro atoms. The molecular formula is C15H21ClN4O. The Kier molecular flexibility index (Phi) is 4.66. The van der Waals surface area contributed by atoms with E-state index in [1.54, 1.807) is 0 Å². The van der Waals surface area contributed by atoms with E-state index in [-0.39, 0.29) is 6.04 Å². The number of nitrogens with zero attached hydrogens (tertiary/aromatic N) is 3. The van der Waals surface area contributed by atoms with Gasteiger partial charge in [0, 0.05) is 11.1 Å². The molecule has 114 valence electrons. The van der Waals surface area contributed by atoms with Gasteiger partial charge < -0.3 is 10.3 Å². The Morgan fingerprint density at radius 1 is 1.43 bits per heavy atom. The summed E-state index contributed by atoms with van der Waals surface area (Å²) >= 11 is 6.03. The van der Waals surface area contributed by atoms with E-state index in [0.717, 1.165) is 10.6 Å². The highest BCUT2D eigenvalue weighted by atomic mass is 35.5. The van der Waals surface area contributed by atoms with Crippen LogP contribution in [-0.4, -0.2) is 22.1 Å². The SMILES string of the molecule is CC(c1cccc(Cl)c1)N(C)Cc1nc(C(C)(C)N)no1. The fourth-order valence-electron chi connectivity index (χ4n) is 1.95. The molecule has 6 heteroatoms. The molecule has 0 radical (unpaired) electrons. The van der Waals surface area contributed by atoms with Crippen LogP contribution in [0.5, 0.6) is 0 Å². The highest BCUT2D eigenvalue weighted by molar-refractivity contribution is 6.30. The van der Waals surface area contributed by atoms with E-state index in [9.17, 15) is 0 Å². The molecule has 0 aliphatic rings. The number of nitrogens with two attached hydrogens (primary N) is 1. The average molecular weight is 309 g/mol. The van der Waals surface area contributed by atoms with Crippen LogP contribution in [0.25, 0.3) is 0 Å². The van der Waals surface area contributed by atoms with Crippen molar-refractivity contribution < 1.29 is 4.52 Å². The van der Waals surface area contributed by atoms with Crippen molar-refractivity contribution in [2.45, 2.75) is 38.9 Å². The predicted octanol–water partition coefficient (Wildman–Crippen LogP) is 3.11. The first-order valence-electron chi connectivity index (χ1n) is 6.85. The zero-order valence-corrected chi connectivity index (χ0v) is 13.6. The van der Waals surface area contributed by atoms with E-state index in [2.05, 4.69) is 28.0 Å². The van der Waals surface area contributed by atoms with Gasteiger partial charge in [0.1, 0.15) is 0 Å². The van der Waals surface area contributed by atoms with E-state index in [1.807, 2.05) is 39.1 Å². The zero-order valence-electron chi connectivity index (χ0n) is 12.8. The number of benzene rings is 1. The van der Waals surface area contributed by atoms with Crippen molar-refractivity contribution in [2.75, 3.05) is 7.05 Å². The monoisotopic (exact) mass is 308 g/mol. The molecule has 0 saturated carbocycles. The van der Waals surface area contributed by atoms with Crippen molar-refractivity contribution in [3.63, 3.8) is 0 Å². The maximum atomic E-state index is 6.03. The quantitative estimate of drug-likeness (QED) is 0.919. The Morgan fingerprint density at radius 2 is 2.14 bits per heavy atom. The molecule has 0 fully saturated rings. The molecule has 1 aromatic heterocycles. The van der Waals surface area contributed by atoms with Crippen molar-refractivity contribution in [1.29, 1.82) is 0 Å². The summed E-state index contributed by atoms with van der Waals surface area (Å²) in [6.07, 6.45) is 0. The van der Waals surface area contributed by atoms with Gasteiger partial charge in [0.25, 0.3) is 0 Å². The molecule has 21 heavy (non-hydrogen) atoms. The van der Waals surface area contributed by atoms with Crippen LogP contribution < -0.4 is 5.73 Å². The predicted molar refractivity (Wildman–Crippen MR) is 82.8 cm³/mol. The summed E-state index contributed by atoms with van der Waals surface area (Å²) in [5.74, 6) is 1.07. The lowest BCUT2D eigenvalue weighted by atomic mass is 10.1. The molecule has 1 atom stereocenters. The van der Waals surface area contributed by atoms with E-state index in [1.165, 1.54) is 0 Å². The summed E-state index contributed by atoms with van der Waals surface area (Å²) in [6, 6.07) is 8.01. The molecule has 1 unspecified atom stereocenters. The fourth-order valence-corrected chi connectivity index (χ4v) is 2.15. The van der Waals surface area contributed by atoms with Gasteiger partial charge >= 0.3 is 0 Å². The van der Waals surface area contributed by atoms with Crippen molar-refractivity contribution in [3.8, 4) is 0 Å². The molecule has 0 saturated heterocycles. The van der Waals surface area contributed by atoms with Gasteiger partial charge in [-0.3, -0.25) is 4.90 Å². The van der Waals surface area contributed by atoms with Gasteiger partial charge in [-0.2, -0.15) is 4.98 Å². The van der Waals surface area contributed by atoms with Crippen molar-refractivity contribution in [2.24, 2.45) is 5.73 Å². The number of hydrogen-bond donors (Lipinski definition) is 1. The third kappa shape index (κ3) is 4.03. The molecule has 0 aliphatic heterocycles. The van der Waals surface area contributed by atoms with Crippen molar-refractivity contribution >= 4 is 11.6 Å². The van der Waals surface area contributed by atoms with E-state index in [4.69, 9.17) is 21.9 Å². The second kappa shape index (κ2) is 6.13. The third-order valence-electron chi connectivity index (χ3n) is 3.42. The molecule has 0 bridgehead atoms. The molecule has 1 aromatic carbocycles. The summed E-state index contributed by atoms with van der Waals surface area (Å²) in [7, 11) is 2.00. The maximum absolute atomic E-state index is 6.03. The van der Waals surface area contributed by atoms with Gasteiger partial charge in [-0.25, -0.2) is 0 Å². The van der Waals surface area contributed by atoms with Crippen LogP contribution in [0.1, 0.15) is 44.1 Å². The number of halogens is 1. The average Bonchev–Trinajstić information content (AvgIpc) is 2.86. The molecule has 2 rings (SSSR count). The largest absolute Gasteiger partial charge is 0.338 e. The molecule has 5 nitrogen and oxygen atoms in total. The summed E-state index contributed by atoms with van der Waals surface area (Å²) < 4.78 is 5.26. The van der Waals surface area contributed by atoms with Gasteiger partial charge in [-0.15, -0.1) is 0 Å². The van der Waals surface area contributed by atoms with Crippen molar-refractivity contribution in [1.82, 2.24) is 15.0 Å². The lowest BCUT2D eigenvalue weighted by molar-refractivity contribution is 0.216. The summed E-state index contributed by atoms with van der Waals surface area (Å²) in [4.78, 5) is 6.46. The Hall–Kier alpha value is -1.43. The molecule has 0 aliphatic carbocycles. The van der Waals surface area contributed by atoms with Crippen LogP contribution in [0.2, 0.25) is 5.02 Å². The number of hydrogen-bond acceptors (Lipinski definition) is 5. The summed E-state index contributed by atoms with van der Waals surface area (Å²) in [5, 5.41) is 4.66. The minimum absolute atomic E-state index is 0.185. The van der Waals surface area contributed by atoms with Crippen LogP contribution in [0.3, 0.4) is 0 Å².